The maximum atomic E-state index is 12.9. The van der Waals surface area contributed by atoms with Gasteiger partial charge < -0.3 is 5.32 Å². The van der Waals surface area contributed by atoms with Gasteiger partial charge in [-0.1, -0.05) is 0 Å². The van der Waals surface area contributed by atoms with Gasteiger partial charge in [-0.15, -0.1) is 11.3 Å². The van der Waals surface area contributed by atoms with E-state index in [2.05, 4.69) is 15.4 Å². The number of rotatable bonds is 3. The molecule has 0 saturated carbocycles. The Morgan fingerprint density at radius 2 is 1.89 bits per heavy atom. The van der Waals surface area contributed by atoms with E-state index in [-0.39, 0.29) is 10.7 Å². The van der Waals surface area contributed by atoms with Crippen molar-refractivity contribution >= 4 is 33.1 Å². The molecule has 0 aliphatic carbocycles. The van der Waals surface area contributed by atoms with Gasteiger partial charge in [-0.25, -0.2) is 9.67 Å². The zero-order chi connectivity index (χ0) is 19.9. The lowest BCUT2D eigenvalue weighted by Gasteiger charge is -2.06. The Labute approximate surface area is 161 Å². The van der Waals surface area contributed by atoms with Crippen LogP contribution in [-0.4, -0.2) is 20.7 Å². The normalized spacial score (nSPS) is 11.7. The van der Waals surface area contributed by atoms with Crippen LogP contribution in [0.25, 0.3) is 15.9 Å². The van der Waals surface area contributed by atoms with Crippen LogP contribution in [0.1, 0.15) is 20.9 Å². The molecule has 0 atom stereocenters. The number of hydrogen-bond donors (Lipinski definition) is 1. The number of thiophene rings is 1. The second-order valence-corrected chi connectivity index (χ2v) is 7.05. The monoisotopic (exact) mass is 402 g/mol. The standard InChI is InChI=1S/C19H13F3N4OS/c1-11-14-7-8-15(19(20,21)22)25-18(14)28-16(11)17(27)24-12-3-5-13(6-4-12)26-10-2-9-23-26/h2-10H,1H3,(H,24,27). The number of benzene rings is 1. The lowest BCUT2D eigenvalue weighted by Crippen LogP contribution is -2.11. The highest BCUT2D eigenvalue weighted by Gasteiger charge is 2.33. The Morgan fingerprint density at radius 3 is 2.54 bits per heavy atom. The van der Waals surface area contributed by atoms with Gasteiger partial charge in [0.25, 0.3) is 5.91 Å². The zero-order valence-corrected chi connectivity index (χ0v) is 15.3. The van der Waals surface area contributed by atoms with Crippen LogP contribution in [-0.2, 0) is 6.18 Å². The Morgan fingerprint density at radius 1 is 1.14 bits per heavy atom. The van der Waals surface area contributed by atoms with Gasteiger partial charge in [-0.3, -0.25) is 4.79 Å². The molecule has 9 heteroatoms. The van der Waals surface area contributed by atoms with Crippen LogP contribution < -0.4 is 5.32 Å². The molecule has 0 unspecified atom stereocenters. The van der Waals surface area contributed by atoms with E-state index in [9.17, 15) is 18.0 Å². The van der Waals surface area contributed by atoms with Crippen LogP contribution in [0.4, 0.5) is 18.9 Å². The minimum absolute atomic E-state index is 0.187. The summed E-state index contributed by atoms with van der Waals surface area (Å²) in [6, 6.07) is 11.2. The van der Waals surface area contributed by atoms with E-state index in [1.54, 1.807) is 54.3 Å². The molecule has 0 bridgehead atoms. The number of pyridine rings is 1. The van der Waals surface area contributed by atoms with Gasteiger partial charge >= 0.3 is 6.18 Å². The first-order valence-corrected chi connectivity index (χ1v) is 9.03. The topological polar surface area (TPSA) is 59.8 Å². The minimum Gasteiger partial charge on any atom is -0.321 e. The van der Waals surface area contributed by atoms with Crippen molar-refractivity contribution in [3.8, 4) is 5.69 Å². The highest BCUT2D eigenvalue weighted by atomic mass is 32.1. The lowest BCUT2D eigenvalue weighted by molar-refractivity contribution is -0.140. The molecule has 5 nitrogen and oxygen atoms in total. The Balaban J connectivity index is 1.59. The van der Waals surface area contributed by atoms with E-state index in [4.69, 9.17) is 0 Å². The third kappa shape index (κ3) is 3.36. The van der Waals surface area contributed by atoms with Crippen LogP contribution in [0, 0.1) is 6.92 Å². The summed E-state index contributed by atoms with van der Waals surface area (Å²) in [7, 11) is 0. The summed E-state index contributed by atoms with van der Waals surface area (Å²) in [6.07, 6.45) is -1.06. The van der Waals surface area contributed by atoms with Crippen molar-refractivity contribution in [3.05, 3.63) is 71.0 Å². The summed E-state index contributed by atoms with van der Waals surface area (Å²) in [5.74, 6) is -0.388. The Kier molecular flexibility index (Phi) is 4.38. The summed E-state index contributed by atoms with van der Waals surface area (Å²) in [6.45, 7) is 1.70. The van der Waals surface area contributed by atoms with Crippen LogP contribution >= 0.6 is 11.3 Å². The molecule has 0 radical (unpaired) electrons. The number of alkyl halides is 3. The van der Waals surface area contributed by atoms with E-state index < -0.39 is 11.9 Å². The molecule has 0 aliphatic rings. The Bertz CT molecular complexity index is 1150. The first-order valence-electron chi connectivity index (χ1n) is 8.22. The van der Waals surface area contributed by atoms with E-state index in [0.29, 0.717) is 21.5 Å². The van der Waals surface area contributed by atoms with Crippen LogP contribution in [0.5, 0.6) is 0 Å². The predicted molar refractivity (Wildman–Crippen MR) is 101 cm³/mol. The maximum absolute atomic E-state index is 12.9. The van der Waals surface area contributed by atoms with E-state index in [0.717, 1.165) is 23.1 Å². The van der Waals surface area contributed by atoms with Crippen molar-refractivity contribution in [1.82, 2.24) is 14.8 Å². The van der Waals surface area contributed by atoms with Crippen LogP contribution in [0.15, 0.2) is 54.9 Å². The van der Waals surface area contributed by atoms with Crippen molar-refractivity contribution in [1.29, 1.82) is 0 Å². The van der Waals surface area contributed by atoms with Gasteiger partial charge in [0.05, 0.1) is 10.6 Å². The summed E-state index contributed by atoms with van der Waals surface area (Å²) in [4.78, 5) is 16.8. The highest BCUT2D eigenvalue weighted by Crippen LogP contribution is 2.34. The summed E-state index contributed by atoms with van der Waals surface area (Å²) < 4.78 is 40.3. The molecular formula is C19H13F3N4OS. The fourth-order valence-corrected chi connectivity index (χ4v) is 3.86. The quantitative estimate of drug-likeness (QED) is 0.521. The van der Waals surface area contributed by atoms with Crippen LogP contribution in [0.2, 0.25) is 0 Å². The Hall–Kier alpha value is -3.20. The molecule has 1 N–H and O–H groups in total. The van der Waals surface area contributed by atoms with Crippen molar-refractivity contribution in [3.63, 3.8) is 0 Å². The summed E-state index contributed by atoms with van der Waals surface area (Å²) >= 11 is 0.945. The fraction of sp³-hybridized carbons (Fsp3) is 0.105. The smallest absolute Gasteiger partial charge is 0.321 e. The molecule has 0 saturated heterocycles. The van der Waals surface area contributed by atoms with E-state index in [1.165, 1.54) is 6.07 Å². The molecule has 1 aromatic carbocycles. The largest absolute Gasteiger partial charge is 0.433 e. The first kappa shape index (κ1) is 18.2. The number of aromatic nitrogens is 3. The molecule has 142 valence electrons. The number of amides is 1. The van der Waals surface area contributed by atoms with Crippen molar-refractivity contribution < 1.29 is 18.0 Å². The molecule has 1 amide bonds. The molecule has 3 aromatic heterocycles. The number of fused-ring (bicyclic) bond motifs is 1. The number of carbonyl (C=O) groups is 1. The molecule has 0 aliphatic heterocycles. The number of hydrogen-bond acceptors (Lipinski definition) is 4. The second kappa shape index (κ2) is 6.75. The summed E-state index contributed by atoms with van der Waals surface area (Å²) in [5.41, 5.74) is 1.04. The number of aryl methyl sites for hydroxylation is 1. The average Bonchev–Trinajstić information content (AvgIpc) is 3.30. The van der Waals surface area contributed by atoms with Gasteiger partial charge in [-0.05, 0) is 55.0 Å². The number of anilines is 1. The van der Waals surface area contributed by atoms with Crippen LogP contribution in [0.3, 0.4) is 0 Å². The summed E-state index contributed by atoms with van der Waals surface area (Å²) in [5, 5.41) is 7.44. The molecule has 4 rings (SSSR count). The number of halogens is 3. The first-order chi connectivity index (χ1) is 13.3. The third-order valence-electron chi connectivity index (χ3n) is 4.19. The maximum Gasteiger partial charge on any atom is 0.433 e. The van der Waals surface area contributed by atoms with Gasteiger partial charge in [0, 0.05) is 23.5 Å². The highest BCUT2D eigenvalue weighted by molar-refractivity contribution is 7.20. The average molecular weight is 402 g/mol. The molecule has 0 spiro atoms. The molecule has 28 heavy (non-hydrogen) atoms. The molecule has 0 fully saturated rings. The minimum atomic E-state index is -4.52. The van der Waals surface area contributed by atoms with Crippen molar-refractivity contribution in [2.45, 2.75) is 13.1 Å². The molecule has 4 aromatic rings. The number of nitrogens with zero attached hydrogens (tertiary/aromatic N) is 3. The van der Waals surface area contributed by atoms with Gasteiger partial charge in [0.15, 0.2) is 0 Å². The van der Waals surface area contributed by atoms with Crippen molar-refractivity contribution in [2.75, 3.05) is 5.32 Å². The molecular weight excluding hydrogens is 389 g/mol. The van der Waals surface area contributed by atoms with E-state index in [1.807, 2.05) is 0 Å². The van der Waals surface area contributed by atoms with Gasteiger partial charge in [0.2, 0.25) is 0 Å². The number of carbonyl (C=O) groups excluding carboxylic acids is 1. The third-order valence-corrected chi connectivity index (χ3v) is 5.39. The van der Waals surface area contributed by atoms with Gasteiger partial charge in [-0.2, -0.15) is 18.3 Å². The second-order valence-electron chi connectivity index (χ2n) is 6.05. The van der Waals surface area contributed by atoms with Gasteiger partial charge in [0.1, 0.15) is 10.5 Å². The van der Waals surface area contributed by atoms with Crippen molar-refractivity contribution in [2.24, 2.45) is 0 Å². The predicted octanol–water partition coefficient (Wildman–Crippen LogP) is 5.06. The zero-order valence-electron chi connectivity index (χ0n) is 14.5. The lowest BCUT2D eigenvalue weighted by atomic mass is 10.1. The van der Waals surface area contributed by atoms with E-state index >= 15 is 0 Å². The fourth-order valence-electron chi connectivity index (χ4n) is 2.78. The number of nitrogens with one attached hydrogen (secondary N) is 1. The molecule has 3 heterocycles. The SMILES string of the molecule is Cc1c(C(=O)Nc2ccc(-n3cccn3)cc2)sc2nc(C(F)(F)F)ccc12.